The van der Waals surface area contributed by atoms with Crippen molar-refractivity contribution in [1.82, 2.24) is 4.57 Å². The molecule has 0 saturated carbocycles. The van der Waals surface area contributed by atoms with Crippen molar-refractivity contribution < 1.29 is 0 Å². The molecular formula is C64H39NS. The summed E-state index contributed by atoms with van der Waals surface area (Å²) >= 11 is 1.91. The molecule has 0 fully saturated rings. The van der Waals surface area contributed by atoms with E-state index in [4.69, 9.17) is 0 Å². The number of aromatic nitrogens is 1. The fourth-order valence-corrected chi connectivity index (χ4v) is 12.4. The number of benzene rings is 12. The van der Waals surface area contributed by atoms with Crippen LogP contribution in [0.25, 0.3) is 135 Å². The maximum Gasteiger partial charge on any atom is 0.0547 e. The highest BCUT2D eigenvalue weighted by molar-refractivity contribution is 7.26. The molecule has 0 atom stereocenters. The molecule has 14 aromatic rings. The van der Waals surface area contributed by atoms with Crippen molar-refractivity contribution in [2.75, 3.05) is 0 Å². The Hall–Kier alpha value is -8.30. The van der Waals surface area contributed by atoms with Gasteiger partial charge >= 0.3 is 0 Å². The van der Waals surface area contributed by atoms with Crippen LogP contribution in [0.5, 0.6) is 0 Å². The molecule has 0 aliphatic carbocycles. The highest BCUT2D eigenvalue weighted by atomic mass is 32.1. The van der Waals surface area contributed by atoms with Crippen LogP contribution >= 0.6 is 11.3 Å². The number of rotatable bonds is 5. The van der Waals surface area contributed by atoms with Crippen LogP contribution in [-0.2, 0) is 0 Å². The number of hydrogen-bond acceptors (Lipinski definition) is 1. The van der Waals surface area contributed by atoms with Gasteiger partial charge in [-0.25, -0.2) is 0 Å². The minimum atomic E-state index is 1.16. The lowest BCUT2D eigenvalue weighted by Gasteiger charge is -2.18. The molecule has 2 heteroatoms. The molecule has 306 valence electrons. The molecule has 0 bridgehead atoms. The van der Waals surface area contributed by atoms with Crippen LogP contribution < -0.4 is 0 Å². The summed E-state index contributed by atoms with van der Waals surface area (Å²) in [5.41, 5.74) is 13.7. The van der Waals surface area contributed by atoms with E-state index in [0.717, 1.165) is 5.69 Å². The highest BCUT2D eigenvalue weighted by Crippen LogP contribution is 2.50. The van der Waals surface area contributed by atoms with E-state index in [1.165, 1.54) is 130 Å². The van der Waals surface area contributed by atoms with Gasteiger partial charge in [0.05, 0.1) is 11.0 Å². The highest BCUT2D eigenvalue weighted by Gasteiger charge is 2.22. The first-order valence-electron chi connectivity index (χ1n) is 22.8. The van der Waals surface area contributed by atoms with Gasteiger partial charge in [0.2, 0.25) is 0 Å². The van der Waals surface area contributed by atoms with Gasteiger partial charge in [0.25, 0.3) is 0 Å². The largest absolute Gasteiger partial charge is 0.309 e. The van der Waals surface area contributed by atoms with Crippen LogP contribution in [0, 0.1) is 0 Å². The molecule has 2 heterocycles. The summed E-state index contributed by atoms with van der Waals surface area (Å²) in [6.45, 7) is 0. The maximum atomic E-state index is 2.46. The van der Waals surface area contributed by atoms with Gasteiger partial charge in [-0.3, -0.25) is 0 Å². The van der Waals surface area contributed by atoms with Crippen LogP contribution in [0.3, 0.4) is 0 Å². The summed E-state index contributed by atoms with van der Waals surface area (Å²) in [4.78, 5) is 0. The predicted octanol–water partition coefficient (Wildman–Crippen LogP) is 18.4. The number of thiophene rings is 1. The van der Waals surface area contributed by atoms with Gasteiger partial charge in [0, 0.05) is 42.2 Å². The molecular weight excluding hydrogens is 815 g/mol. The Labute approximate surface area is 385 Å². The Balaban J connectivity index is 0.990. The molecule has 14 rings (SSSR count). The van der Waals surface area contributed by atoms with Gasteiger partial charge in [-0.05, 0) is 118 Å². The van der Waals surface area contributed by atoms with E-state index in [1.807, 2.05) is 11.3 Å². The molecule has 66 heavy (non-hydrogen) atoms. The topological polar surface area (TPSA) is 4.93 Å². The molecule has 0 unspecified atom stereocenters. The Morgan fingerprint density at radius 2 is 0.697 bits per heavy atom. The first-order valence-corrected chi connectivity index (χ1v) is 23.6. The van der Waals surface area contributed by atoms with Crippen molar-refractivity contribution in [3.63, 3.8) is 0 Å². The zero-order valence-corrected chi connectivity index (χ0v) is 36.7. The predicted molar refractivity (Wildman–Crippen MR) is 285 cm³/mol. The third kappa shape index (κ3) is 5.46. The lowest BCUT2D eigenvalue weighted by atomic mass is 9.85. The van der Waals surface area contributed by atoms with Crippen LogP contribution in [0.15, 0.2) is 237 Å². The van der Waals surface area contributed by atoms with Gasteiger partial charge in [-0.1, -0.05) is 200 Å². The zero-order chi connectivity index (χ0) is 43.3. The fourth-order valence-electron chi connectivity index (χ4n) is 11.2. The maximum absolute atomic E-state index is 2.46. The average molecular weight is 854 g/mol. The van der Waals surface area contributed by atoms with Crippen molar-refractivity contribution in [2.24, 2.45) is 0 Å². The normalized spacial score (nSPS) is 11.9. The van der Waals surface area contributed by atoms with E-state index in [-0.39, 0.29) is 0 Å². The average Bonchev–Trinajstić information content (AvgIpc) is 3.93. The quantitative estimate of drug-likeness (QED) is 0.152. The molecule has 0 saturated heterocycles. The zero-order valence-electron chi connectivity index (χ0n) is 35.9. The molecule has 0 aliphatic heterocycles. The first kappa shape index (κ1) is 37.1. The Kier molecular flexibility index (Phi) is 8.22. The summed E-state index contributed by atoms with van der Waals surface area (Å²) in [7, 11) is 0. The number of para-hydroxylation sites is 2. The van der Waals surface area contributed by atoms with Crippen LogP contribution in [0.1, 0.15) is 0 Å². The molecule has 0 spiro atoms. The Morgan fingerprint density at radius 1 is 0.258 bits per heavy atom. The Bertz CT molecular complexity index is 4160. The Morgan fingerprint density at radius 3 is 1.29 bits per heavy atom. The van der Waals surface area contributed by atoms with Crippen LogP contribution in [0.2, 0.25) is 0 Å². The van der Waals surface area contributed by atoms with Crippen LogP contribution in [0.4, 0.5) is 0 Å². The summed E-state index contributed by atoms with van der Waals surface area (Å²) in [6, 6.07) is 87.6. The van der Waals surface area contributed by atoms with E-state index >= 15 is 0 Å². The molecule has 1 nitrogen and oxygen atoms in total. The van der Waals surface area contributed by atoms with Gasteiger partial charge in [0.1, 0.15) is 0 Å². The van der Waals surface area contributed by atoms with Gasteiger partial charge < -0.3 is 4.57 Å². The summed E-state index contributed by atoms with van der Waals surface area (Å²) in [5.74, 6) is 0. The lowest BCUT2D eigenvalue weighted by molar-refractivity contribution is 1.18. The number of nitrogens with zero attached hydrogens (tertiary/aromatic N) is 1. The smallest absolute Gasteiger partial charge is 0.0547 e. The molecule has 2 aromatic heterocycles. The van der Waals surface area contributed by atoms with E-state index in [2.05, 4.69) is 241 Å². The molecule has 0 N–H and O–H groups in total. The minimum absolute atomic E-state index is 1.16. The number of hydrogen-bond donors (Lipinski definition) is 0. The monoisotopic (exact) mass is 853 g/mol. The summed E-state index contributed by atoms with van der Waals surface area (Å²) in [5, 5.41) is 15.2. The minimum Gasteiger partial charge on any atom is -0.309 e. The van der Waals surface area contributed by atoms with E-state index < -0.39 is 0 Å². The van der Waals surface area contributed by atoms with Crippen molar-refractivity contribution in [1.29, 1.82) is 0 Å². The third-order valence-corrected chi connectivity index (χ3v) is 15.2. The second kappa shape index (κ2) is 14.6. The second-order valence-corrected chi connectivity index (χ2v) is 18.5. The van der Waals surface area contributed by atoms with E-state index in [0.29, 0.717) is 0 Å². The summed E-state index contributed by atoms with van der Waals surface area (Å²) < 4.78 is 5.03. The third-order valence-electron chi connectivity index (χ3n) is 14.0. The summed E-state index contributed by atoms with van der Waals surface area (Å²) in [6.07, 6.45) is 0. The van der Waals surface area contributed by atoms with Crippen molar-refractivity contribution in [3.8, 4) is 50.2 Å². The van der Waals surface area contributed by atoms with E-state index in [9.17, 15) is 0 Å². The van der Waals surface area contributed by atoms with Crippen molar-refractivity contribution in [3.05, 3.63) is 237 Å². The standard InChI is InChI=1S/C64H39NS/c1-3-18-40(19-4-1)60-46-23-7-9-25-48(46)61(49-26-10-8-24-47(49)60)41-35-37-59-56(38-41)54-31-17-32-55(64(54)66-59)63-52-29-13-11-27-50(52)62(51-28-12-14-30-53(51)63)42-34-36-45-44-22-15-16-33-57(44)65(58(45)39-42)43-20-5-2-6-21-43/h1-39H. The fraction of sp³-hybridized carbons (Fsp3) is 0. The molecule has 0 aliphatic rings. The molecule has 12 aromatic carbocycles. The lowest BCUT2D eigenvalue weighted by Crippen LogP contribution is -1.94. The van der Waals surface area contributed by atoms with E-state index in [1.54, 1.807) is 0 Å². The number of fused-ring (bicyclic) bond motifs is 10. The second-order valence-electron chi connectivity index (χ2n) is 17.5. The molecule has 0 amide bonds. The van der Waals surface area contributed by atoms with Crippen molar-refractivity contribution >= 4 is 96.4 Å². The van der Waals surface area contributed by atoms with Gasteiger partial charge in [-0.2, -0.15) is 0 Å². The van der Waals surface area contributed by atoms with Gasteiger partial charge in [0.15, 0.2) is 0 Å². The van der Waals surface area contributed by atoms with Crippen LogP contribution in [-0.4, -0.2) is 4.57 Å². The van der Waals surface area contributed by atoms with Crippen molar-refractivity contribution in [2.45, 2.75) is 0 Å². The van der Waals surface area contributed by atoms with Gasteiger partial charge in [-0.15, -0.1) is 11.3 Å². The molecule has 0 radical (unpaired) electrons. The SMILES string of the molecule is c1ccc(-c2c3ccccc3c(-c3ccc4sc5c(-c6c7ccccc7c(-c7ccc8c9ccccc9n(-c9ccccc9)c8c7)c7ccccc67)cccc5c4c3)c3ccccc23)cc1. The first-order chi connectivity index (χ1) is 32.8.